The smallest absolute Gasteiger partial charge is 0.200 e. The number of pyridine rings is 1. The second-order valence-corrected chi connectivity index (χ2v) is 6.32. The van der Waals surface area contributed by atoms with Crippen LogP contribution in [0.2, 0.25) is 0 Å². The standard InChI is InChI=1S/C21H14F5N3/c1-2-3-10-4-6-11(7-5-10)14-8-12(13(9-27)21(28)29-14)15-16(22)18(24)20(26)19(25)17(15)23/h4-8H,2-3H2,1H3,(H2,28,29). The summed E-state index contributed by atoms with van der Waals surface area (Å²) in [7, 11) is 0. The fraction of sp³-hybridized carbons (Fsp3) is 0.143. The SMILES string of the molecule is CCCc1ccc(-c2cc(-c3c(F)c(F)c(F)c(F)c3F)c(C#N)c(N)n2)cc1. The number of aryl methyl sites for hydroxylation is 1. The number of anilines is 1. The highest BCUT2D eigenvalue weighted by molar-refractivity contribution is 5.80. The van der Waals surface area contributed by atoms with Crippen LogP contribution in [0.15, 0.2) is 30.3 Å². The van der Waals surface area contributed by atoms with Gasteiger partial charge in [-0.3, -0.25) is 0 Å². The summed E-state index contributed by atoms with van der Waals surface area (Å²) in [5, 5.41) is 9.32. The van der Waals surface area contributed by atoms with Crippen molar-refractivity contribution in [3.05, 3.63) is 70.5 Å². The molecule has 1 aromatic heterocycles. The Labute approximate surface area is 163 Å². The first-order chi connectivity index (χ1) is 13.8. The van der Waals surface area contributed by atoms with Gasteiger partial charge in [-0.05, 0) is 18.1 Å². The first-order valence-corrected chi connectivity index (χ1v) is 8.61. The van der Waals surface area contributed by atoms with Crippen LogP contribution in [0.5, 0.6) is 0 Å². The van der Waals surface area contributed by atoms with Gasteiger partial charge >= 0.3 is 0 Å². The van der Waals surface area contributed by atoms with E-state index in [-0.39, 0.29) is 11.5 Å². The molecular formula is C21H14F5N3. The zero-order valence-electron chi connectivity index (χ0n) is 15.2. The van der Waals surface area contributed by atoms with E-state index in [0.717, 1.165) is 24.5 Å². The third-order valence-corrected chi connectivity index (χ3v) is 4.43. The fourth-order valence-electron chi connectivity index (χ4n) is 3.00. The number of hydrogen-bond acceptors (Lipinski definition) is 3. The second-order valence-electron chi connectivity index (χ2n) is 6.32. The summed E-state index contributed by atoms with van der Waals surface area (Å²) < 4.78 is 69.4. The van der Waals surface area contributed by atoms with E-state index in [1.54, 1.807) is 18.2 Å². The molecule has 29 heavy (non-hydrogen) atoms. The van der Waals surface area contributed by atoms with Crippen molar-refractivity contribution < 1.29 is 22.0 Å². The third kappa shape index (κ3) is 3.51. The largest absolute Gasteiger partial charge is 0.383 e. The van der Waals surface area contributed by atoms with Gasteiger partial charge in [-0.25, -0.2) is 26.9 Å². The molecule has 0 aliphatic heterocycles. The normalized spacial score (nSPS) is 10.8. The molecule has 0 atom stereocenters. The van der Waals surface area contributed by atoms with Gasteiger partial charge in [-0.2, -0.15) is 5.26 Å². The summed E-state index contributed by atoms with van der Waals surface area (Å²) in [6.45, 7) is 2.02. The van der Waals surface area contributed by atoms with Gasteiger partial charge in [-0.1, -0.05) is 37.6 Å². The number of aromatic nitrogens is 1. The molecule has 1 heterocycles. The Morgan fingerprint density at radius 3 is 2.00 bits per heavy atom. The minimum Gasteiger partial charge on any atom is -0.383 e. The van der Waals surface area contributed by atoms with Gasteiger partial charge in [0.2, 0.25) is 5.82 Å². The summed E-state index contributed by atoms with van der Waals surface area (Å²) in [5.41, 5.74) is 5.20. The average Bonchev–Trinajstić information content (AvgIpc) is 2.71. The van der Waals surface area contributed by atoms with Crippen LogP contribution >= 0.6 is 0 Å². The zero-order valence-corrected chi connectivity index (χ0v) is 15.2. The van der Waals surface area contributed by atoms with Crippen molar-refractivity contribution in [1.82, 2.24) is 4.98 Å². The Morgan fingerprint density at radius 1 is 0.931 bits per heavy atom. The van der Waals surface area contributed by atoms with Crippen molar-refractivity contribution in [3.8, 4) is 28.5 Å². The highest BCUT2D eigenvalue weighted by Crippen LogP contribution is 2.37. The number of nitrogens with two attached hydrogens (primary N) is 1. The summed E-state index contributed by atoms with van der Waals surface area (Å²) in [5.74, 6) is -11.0. The van der Waals surface area contributed by atoms with Crippen molar-refractivity contribution >= 4 is 5.82 Å². The van der Waals surface area contributed by atoms with Crippen LogP contribution in [0.3, 0.4) is 0 Å². The predicted octanol–water partition coefficient (Wildman–Crippen LogP) is 5.52. The van der Waals surface area contributed by atoms with E-state index in [2.05, 4.69) is 4.98 Å². The lowest BCUT2D eigenvalue weighted by Gasteiger charge is -2.13. The molecule has 3 rings (SSSR count). The summed E-state index contributed by atoms with van der Waals surface area (Å²) in [4.78, 5) is 4.05. The highest BCUT2D eigenvalue weighted by Gasteiger charge is 2.29. The highest BCUT2D eigenvalue weighted by atomic mass is 19.2. The average molecular weight is 403 g/mol. The Morgan fingerprint density at radius 2 is 1.48 bits per heavy atom. The second kappa shape index (κ2) is 7.87. The summed E-state index contributed by atoms with van der Waals surface area (Å²) in [6.07, 6.45) is 1.78. The molecule has 3 nitrogen and oxygen atoms in total. The molecule has 0 amide bonds. The molecule has 0 unspecified atom stereocenters. The van der Waals surface area contributed by atoms with Crippen molar-refractivity contribution in [1.29, 1.82) is 5.26 Å². The Hall–Kier alpha value is -3.47. The molecular weight excluding hydrogens is 389 g/mol. The zero-order chi connectivity index (χ0) is 21.3. The van der Waals surface area contributed by atoms with Crippen molar-refractivity contribution in [2.75, 3.05) is 5.73 Å². The fourth-order valence-corrected chi connectivity index (χ4v) is 3.00. The van der Waals surface area contributed by atoms with E-state index in [9.17, 15) is 27.2 Å². The van der Waals surface area contributed by atoms with Crippen LogP contribution in [0.25, 0.3) is 22.4 Å². The van der Waals surface area contributed by atoms with Crippen molar-refractivity contribution in [2.45, 2.75) is 19.8 Å². The first-order valence-electron chi connectivity index (χ1n) is 8.61. The van der Waals surface area contributed by atoms with E-state index in [0.29, 0.717) is 5.56 Å². The molecule has 0 bridgehead atoms. The lowest BCUT2D eigenvalue weighted by atomic mass is 9.96. The van der Waals surface area contributed by atoms with Crippen molar-refractivity contribution in [2.24, 2.45) is 0 Å². The molecule has 0 fully saturated rings. The van der Waals surface area contributed by atoms with E-state index in [4.69, 9.17) is 5.73 Å². The van der Waals surface area contributed by atoms with E-state index in [1.807, 2.05) is 19.1 Å². The summed E-state index contributed by atoms with van der Waals surface area (Å²) in [6, 6.07) is 9.74. The molecule has 0 radical (unpaired) electrons. The van der Waals surface area contributed by atoms with Crippen LogP contribution in [0, 0.1) is 40.4 Å². The molecule has 0 spiro atoms. The molecule has 2 N–H and O–H groups in total. The Kier molecular flexibility index (Phi) is 5.50. The number of nitriles is 1. The van der Waals surface area contributed by atoms with Crippen LogP contribution in [-0.4, -0.2) is 4.98 Å². The molecule has 3 aromatic rings. The monoisotopic (exact) mass is 403 g/mol. The number of nitrogens with zero attached hydrogens (tertiary/aromatic N) is 2. The van der Waals surface area contributed by atoms with E-state index < -0.39 is 45.8 Å². The molecule has 2 aromatic carbocycles. The maximum Gasteiger partial charge on any atom is 0.200 e. The first kappa shape index (κ1) is 20.3. The van der Waals surface area contributed by atoms with E-state index >= 15 is 0 Å². The number of halogens is 5. The number of benzene rings is 2. The Balaban J connectivity index is 2.27. The Bertz CT molecular complexity index is 1110. The van der Waals surface area contributed by atoms with Gasteiger partial charge in [0.15, 0.2) is 23.3 Å². The summed E-state index contributed by atoms with van der Waals surface area (Å²) >= 11 is 0. The van der Waals surface area contributed by atoms with Crippen molar-refractivity contribution in [3.63, 3.8) is 0 Å². The molecule has 0 saturated carbocycles. The number of rotatable bonds is 4. The lowest BCUT2D eigenvalue weighted by Crippen LogP contribution is -2.07. The minimum absolute atomic E-state index is 0.128. The van der Waals surface area contributed by atoms with Crippen LogP contribution in [-0.2, 0) is 6.42 Å². The van der Waals surface area contributed by atoms with Gasteiger partial charge in [0.05, 0.1) is 11.3 Å². The van der Waals surface area contributed by atoms with Gasteiger partial charge in [0.1, 0.15) is 17.5 Å². The molecule has 148 valence electrons. The van der Waals surface area contributed by atoms with Gasteiger partial charge < -0.3 is 5.73 Å². The lowest BCUT2D eigenvalue weighted by molar-refractivity contribution is 0.381. The maximum atomic E-state index is 14.3. The molecule has 8 heteroatoms. The van der Waals surface area contributed by atoms with Gasteiger partial charge in [0.25, 0.3) is 0 Å². The molecule has 0 aliphatic carbocycles. The third-order valence-electron chi connectivity index (χ3n) is 4.43. The topological polar surface area (TPSA) is 62.7 Å². The van der Waals surface area contributed by atoms with E-state index in [1.165, 1.54) is 0 Å². The minimum atomic E-state index is -2.28. The number of nitrogen functional groups attached to an aromatic ring is 1. The van der Waals surface area contributed by atoms with Crippen LogP contribution < -0.4 is 5.73 Å². The molecule has 0 saturated heterocycles. The van der Waals surface area contributed by atoms with Gasteiger partial charge in [0, 0.05) is 11.1 Å². The quantitative estimate of drug-likeness (QED) is 0.355. The van der Waals surface area contributed by atoms with Crippen LogP contribution in [0.4, 0.5) is 27.8 Å². The van der Waals surface area contributed by atoms with Gasteiger partial charge in [-0.15, -0.1) is 0 Å². The molecule has 0 aliphatic rings. The maximum absolute atomic E-state index is 14.3. The van der Waals surface area contributed by atoms with Crippen LogP contribution in [0.1, 0.15) is 24.5 Å². The number of hydrogen-bond donors (Lipinski definition) is 1. The predicted molar refractivity (Wildman–Crippen MR) is 98.0 cm³/mol.